The number of carboxylic acids is 1. The fraction of sp³-hybridized carbons (Fsp3) is 0.273. The molecule has 0 spiro atoms. The predicted octanol–water partition coefficient (Wildman–Crippen LogP) is 4.98. The highest BCUT2D eigenvalue weighted by Crippen LogP contribution is 2.40. The third kappa shape index (κ3) is 3.32. The number of phenolic OH excluding ortho intramolecular Hbond substituents is 1. The van der Waals surface area contributed by atoms with Gasteiger partial charge in [-0.15, -0.1) is 0 Å². The summed E-state index contributed by atoms with van der Waals surface area (Å²) in [7, 11) is 0. The van der Waals surface area contributed by atoms with Gasteiger partial charge in [-0.2, -0.15) is 0 Å². The van der Waals surface area contributed by atoms with E-state index in [9.17, 15) is 33.0 Å². The molecule has 0 aliphatic carbocycles. The number of phenols is 1. The first-order valence-electron chi connectivity index (χ1n) is 9.35. The number of hydrogen-bond donors (Lipinski definition) is 2. The Hall–Kier alpha value is -3.29. The van der Waals surface area contributed by atoms with Crippen LogP contribution in [0.3, 0.4) is 0 Å². The van der Waals surface area contributed by atoms with E-state index < -0.39 is 46.9 Å². The SMILES string of the molecule is CC[C@H](C)C(C(=O)O)c1c(C)n(C(=O)c2ccc(F)c(F)c2)c2ccc(O)c(F)c12. The van der Waals surface area contributed by atoms with E-state index in [4.69, 9.17) is 0 Å². The van der Waals surface area contributed by atoms with Crippen molar-refractivity contribution in [1.29, 1.82) is 0 Å². The molecule has 158 valence electrons. The molecule has 0 saturated heterocycles. The molecular weight excluding hydrogens is 399 g/mol. The number of carbonyl (C=O) groups excluding carboxylic acids is 1. The van der Waals surface area contributed by atoms with Gasteiger partial charge in [-0.1, -0.05) is 20.3 Å². The topological polar surface area (TPSA) is 79.5 Å². The Bertz CT molecular complexity index is 1170. The number of carbonyl (C=O) groups is 2. The highest BCUT2D eigenvalue weighted by atomic mass is 19.2. The van der Waals surface area contributed by atoms with Crippen LogP contribution in [0.1, 0.15) is 47.8 Å². The molecular formula is C22H20F3NO4. The van der Waals surface area contributed by atoms with Crippen LogP contribution in [0.4, 0.5) is 13.2 Å². The molecule has 0 amide bonds. The first-order chi connectivity index (χ1) is 14.1. The maximum absolute atomic E-state index is 14.9. The predicted molar refractivity (Wildman–Crippen MR) is 104 cm³/mol. The van der Waals surface area contributed by atoms with Crippen molar-refractivity contribution in [3.8, 4) is 5.75 Å². The lowest BCUT2D eigenvalue weighted by atomic mass is 9.84. The van der Waals surface area contributed by atoms with Crippen molar-refractivity contribution in [1.82, 2.24) is 4.57 Å². The van der Waals surface area contributed by atoms with Crippen molar-refractivity contribution < 1.29 is 33.0 Å². The average molecular weight is 419 g/mol. The number of rotatable bonds is 5. The van der Waals surface area contributed by atoms with E-state index >= 15 is 0 Å². The van der Waals surface area contributed by atoms with Gasteiger partial charge >= 0.3 is 5.97 Å². The molecule has 0 aliphatic rings. The van der Waals surface area contributed by atoms with Crippen LogP contribution in [0, 0.1) is 30.3 Å². The van der Waals surface area contributed by atoms with Crippen LogP contribution >= 0.6 is 0 Å². The molecule has 0 bridgehead atoms. The zero-order valence-electron chi connectivity index (χ0n) is 16.5. The fourth-order valence-electron chi connectivity index (χ4n) is 3.77. The third-order valence-corrected chi connectivity index (χ3v) is 5.49. The standard InChI is InChI=1S/C22H20F3NO4/c1-4-10(2)17(22(29)30)18-11(3)26(15-7-8-16(27)20(25)19(15)18)21(28)12-5-6-13(23)14(24)9-12/h5-10,17,27H,4H2,1-3H3,(H,29,30)/t10-,17?/m0/s1. The van der Waals surface area contributed by atoms with Crippen molar-refractivity contribution in [3.63, 3.8) is 0 Å². The summed E-state index contributed by atoms with van der Waals surface area (Å²) < 4.78 is 43.0. The van der Waals surface area contributed by atoms with Crippen LogP contribution in [-0.2, 0) is 4.79 Å². The normalized spacial score (nSPS) is 13.4. The van der Waals surface area contributed by atoms with E-state index in [0.717, 1.165) is 28.8 Å². The lowest BCUT2D eigenvalue weighted by Crippen LogP contribution is -2.21. The number of carboxylic acid groups (broad SMARTS) is 1. The summed E-state index contributed by atoms with van der Waals surface area (Å²) in [6.45, 7) is 4.94. The number of benzene rings is 2. The van der Waals surface area contributed by atoms with Gasteiger partial charge in [0.1, 0.15) is 0 Å². The molecule has 1 heterocycles. The number of nitrogens with zero attached hydrogens (tertiary/aromatic N) is 1. The van der Waals surface area contributed by atoms with Crippen LogP contribution in [0.15, 0.2) is 30.3 Å². The number of aromatic nitrogens is 1. The highest BCUT2D eigenvalue weighted by molar-refractivity contribution is 6.05. The maximum Gasteiger partial charge on any atom is 0.311 e. The van der Waals surface area contributed by atoms with E-state index in [2.05, 4.69) is 0 Å². The van der Waals surface area contributed by atoms with Gasteiger partial charge in [0.25, 0.3) is 5.91 Å². The van der Waals surface area contributed by atoms with Crippen molar-refractivity contribution in [2.24, 2.45) is 5.92 Å². The Morgan fingerprint density at radius 2 is 1.77 bits per heavy atom. The Kier molecular flexibility index (Phi) is 5.61. The molecule has 2 aromatic carbocycles. The zero-order valence-corrected chi connectivity index (χ0v) is 16.5. The summed E-state index contributed by atoms with van der Waals surface area (Å²) in [6, 6.07) is 4.96. The molecule has 0 aliphatic heterocycles. The highest BCUT2D eigenvalue weighted by Gasteiger charge is 2.34. The molecule has 1 unspecified atom stereocenters. The molecule has 8 heteroatoms. The minimum absolute atomic E-state index is 0.0297. The molecule has 0 fully saturated rings. The van der Waals surface area contributed by atoms with Crippen molar-refractivity contribution in [2.75, 3.05) is 0 Å². The van der Waals surface area contributed by atoms with Crippen molar-refractivity contribution in [3.05, 3.63) is 64.6 Å². The van der Waals surface area contributed by atoms with E-state index in [1.165, 1.54) is 13.0 Å². The summed E-state index contributed by atoms with van der Waals surface area (Å²) in [4.78, 5) is 25.2. The Balaban J connectivity index is 2.38. The maximum atomic E-state index is 14.9. The van der Waals surface area contributed by atoms with Gasteiger partial charge < -0.3 is 10.2 Å². The molecule has 5 nitrogen and oxygen atoms in total. The zero-order chi connectivity index (χ0) is 22.3. The van der Waals surface area contributed by atoms with Gasteiger partial charge in [0.2, 0.25) is 0 Å². The second-order valence-electron chi connectivity index (χ2n) is 7.26. The second kappa shape index (κ2) is 7.85. The van der Waals surface area contributed by atoms with E-state index in [0.29, 0.717) is 6.42 Å². The van der Waals surface area contributed by atoms with Gasteiger partial charge in [0.15, 0.2) is 23.2 Å². The Morgan fingerprint density at radius 3 is 2.33 bits per heavy atom. The smallest absolute Gasteiger partial charge is 0.311 e. The minimum atomic E-state index is -1.22. The second-order valence-corrected chi connectivity index (χ2v) is 7.26. The third-order valence-electron chi connectivity index (χ3n) is 5.49. The summed E-state index contributed by atoms with van der Waals surface area (Å²) in [5, 5.41) is 19.5. The monoisotopic (exact) mass is 419 g/mol. The van der Waals surface area contributed by atoms with Gasteiger partial charge in [0.05, 0.1) is 11.4 Å². The Labute approximate surface area is 170 Å². The number of aliphatic carboxylic acids is 1. The number of aromatic hydroxyl groups is 1. The first kappa shape index (κ1) is 21.4. The van der Waals surface area contributed by atoms with Crippen LogP contribution in [-0.4, -0.2) is 26.7 Å². The molecule has 3 aromatic rings. The number of hydrogen-bond acceptors (Lipinski definition) is 3. The van der Waals surface area contributed by atoms with E-state index in [1.807, 2.05) is 0 Å². The van der Waals surface area contributed by atoms with E-state index in [-0.39, 0.29) is 27.7 Å². The van der Waals surface area contributed by atoms with Gasteiger partial charge in [-0.3, -0.25) is 14.2 Å². The molecule has 0 radical (unpaired) electrons. The largest absolute Gasteiger partial charge is 0.505 e. The molecule has 0 saturated carbocycles. The quantitative estimate of drug-likeness (QED) is 0.612. The number of halogens is 3. The van der Waals surface area contributed by atoms with Crippen LogP contribution < -0.4 is 0 Å². The lowest BCUT2D eigenvalue weighted by molar-refractivity contribution is -0.140. The van der Waals surface area contributed by atoms with Gasteiger partial charge in [-0.05, 0) is 48.7 Å². The average Bonchev–Trinajstić information content (AvgIpc) is 2.98. The summed E-state index contributed by atoms with van der Waals surface area (Å²) in [5.41, 5.74) is 0.0551. The van der Waals surface area contributed by atoms with E-state index in [1.54, 1.807) is 13.8 Å². The van der Waals surface area contributed by atoms with Crippen LogP contribution in [0.2, 0.25) is 0 Å². The fourth-order valence-corrected chi connectivity index (χ4v) is 3.77. The number of fused-ring (bicyclic) bond motifs is 1. The summed E-state index contributed by atoms with van der Waals surface area (Å²) >= 11 is 0. The van der Waals surface area contributed by atoms with Crippen LogP contribution in [0.5, 0.6) is 5.75 Å². The lowest BCUT2D eigenvalue weighted by Gasteiger charge is -2.20. The summed E-state index contributed by atoms with van der Waals surface area (Å²) in [5.74, 6) is -7.60. The molecule has 3 rings (SSSR count). The minimum Gasteiger partial charge on any atom is -0.505 e. The van der Waals surface area contributed by atoms with Crippen molar-refractivity contribution in [2.45, 2.75) is 33.1 Å². The first-order valence-corrected chi connectivity index (χ1v) is 9.35. The van der Waals surface area contributed by atoms with Gasteiger partial charge in [-0.25, -0.2) is 13.2 Å². The molecule has 2 N–H and O–H groups in total. The molecule has 1 aromatic heterocycles. The summed E-state index contributed by atoms with van der Waals surface area (Å²) in [6.07, 6.45) is 0.473. The van der Waals surface area contributed by atoms with Crippen LogP contribution in [0.25, 0.3) is 10.9 Å². The van der Waals surface area contributed by atoms with Gasteiger partial charge in [0, 0.05) is 16.6 Å². The Morgan fingerprint density at radius 1 is 1.10 bits per heavy atom. The van der Waals surface area contributed by atoms with Crippen molar-refractivity contribution >= 4 is 22.8 Å². The molecule has 2 atom stereocenters. The molecule has 30 heavy (non-hydrogen) atoms.